The number of nitrogens with zero attached hydrogens (tertiary/aromatic N) is 2. The van der Waals surface area contributed by atoms with Gasteiger partial charge in [0.2, 0.25) is 11.8 Å². The van der Waals surface area contributed by atoms with Crippen LogP contribution in [0.2, 0.25) is 0 Å². The summed E-state index contributed by atoms with van der Waals surface area (Å²) in [5.74, 6) is -0.162. The quantitative estimate of drug-likeness (QED) is 0.791. The minimum atomic E-state index is -0.840. The summed E-state index contributed by atoms with van der Waals surface area (Å²) in [6, 6.07) is 5.64. The lowest BCUT2D eigenvalue weighted by Crippen LogP contribution is -2.44. The molecule has 1 saturated heterocycles. The highest BCUT2D eigenvalue weighted by Gasteiger charge is 2.47. The second kappa shape index (κ2) is 8.86. The van der Waals surface area contributed by atoms with Crippen LogP contribution >= 0.6 is 0 Å². The third-order valence-corrected chi connectivity index (χ3v) is 5.74. The van der Waals surface area contributed by atoms with Crippen LogP contribution in [0.25, 0.3) is 0 Å². The zero-order valence-electron chi connectivity index (χ0n) is 19.1. The van der Waals surface area contributed by atoms with Crippen molar-refractivity contribution in [3.63, 3.8) is 0 Å². The summed E-state index contributed by atoms with van der Waals surface area (Å²) in [4.78, 5) is 41.0. The first-order valence-corrected chi connectivity index (χ1v) is 10.7. The van der Waals surface area contributed by atoms with E-state index < -0.39 is 17.1 Å². The van der Waals surface area contributed by atoms with Gasteiger partial charge in [0.15, 0.2) is 0 Å². The van der Waals surface area contributed by atoms with E-state index >= 15 is 0 Å². The summed E-state index contributed by atoms with van der Waals surface area (Å²) in [6.07, 6.45) is 1.83. The van der Waals surface area contributed by atoms with Gasteiger partial charge in [0.1, 0.15) is 5.60 Å². The number of hydrogen-bond donors (Lipinski definition) is 1. The molecular formula is C23H33N3O5. The number of benzene rings is 1. The Balaban J connectivity index is 1.74. The molecule has 0 saturated carbocycles. The first kappa shape index (κ1) is 23.1. The van der Waals surface area contributed by atoms with Crippen LogP contribution in [-0.4, -0.2) is 61.8 Å². The van der Waals surface area contributed by atoms with E-state index in [2.05, 4.69) is 5.32 Å². The number of carbonyl (C=O) groups excluding carboxylic acids is 3. The molecule has 31 heavy (non-hydrogen) atoms. The zero-order valence-corrected chi connectivity index (χ0v) is 19.1. The number of carbonyl (C=O) groups is 3. The van der Waals surface area contributed by atoms with E-state index in [0.717, 1.165) is 24.1 Å². The maximum absolute atomic E-state index is 13.3. The Hall–Kier alpha value is -2.61. The molecule has 0 bridgehead atoms. The van der Waals surface area contributed by atoms with Crippen molar-refractivity contribution < 1.29 is 23.9 Å². The van der Waals surface area contributed by atoms with E-state index in [9.17, 15) is 14.4 Å². The summed E-state index contributed by atoms with van der Waals surface area (Å²) in [6.45, 7) is 8.62. The number of nitrogens with one attached hydrogen (secondary N) is 1. The molecule has 170 valence electrons. The molecule has 3 amide bonds. The van der Waals surface area contributed by atoms with Gasteiger partial charge in [-0.1, -0.05) is 0 Å². The Morgan fingerprint density at radius 1 is 1.19 bits per heavy atom. The number of methoxy groups -OCH3 is 1. The molecule has 2 aliphatic heterocycles. The van der Waals surface area contributed by atoms with Gasteiger partial charge in [-0.3, -0.25) is 9.59 Å². The van der Waals surface area contributed by atoms with Crippen LogP contribution < -0.4 is 10.2 Å². The summed E-state index contributed by atoms with van der Waals surface area (Å²) < 4.78 is 10.8. The standard InChI is InChI=1S/C23H33N3O5/c1-16(27)26-11-6-7-17-13-18(8-9-19(17)26)24-20(28)23(15-30-5)10-12-25(14-23)21(29)31-22(2,3)4/h8-9,13H,6-7,10-12,14-15H2,1-5H3,(H,24,28)/t23-/m0/s1. The SMILES string of the molecule is COC[C@]1(C(=O)Nc2ccc3c(c2)CCCN3C(C)=O)CCN(C(=O)OC(C)(C)C)C1. The summed E-state index contributed by atoms with van der Waals surface area (Å²) in [5, 5.41) is 3.01. The van der Waals surface area contributed by atoms with E-state index in [-0.39, 0.29) is 25.0 Å². The summed E-state index contributed by atoms with van der Waals surface area (Å²) >= 11 is 0. The maximum Gasteiger partial charge on any atom is 0.410 e. The smallest absolute Gasteiger partial charge is 0.410 e. The highest BCUT2D eigenvalue weighted by Crippen LogP contribution is 2.35. The van der Waals surface area contributed by atoms with Crippen LogP contribution in [0.5, 0.6) is 0 Å². The fraction of sp³-hybridized carbons (Fsp3) is 0.609. The van der Waals surface area contributed by atoms with Crippen molar-refractivity contribution in [1.82, 2.24) is 4.90 Å². The van der Waals surface area contributed by atoms with E-state index in [1.54, 1.807) is 23.8 Å². The van der Waals surface area contributed by atoms with Crippen molar-refractivity contribution in [3.8, 4) is 0 Å². The van der Waals surface area contributed by atoms with Crippen LogP contribution in [0.1, 0.15) is 46.1 Å². The Labute approximate surface area is 183 Å². The third kappa shape index (κ3) is 5.18. The molecule has 8 nitrogen and oxygen atoms in total. The van der Waals surface area contributed by atoms with Gasteiger partial charge >= 0.3 is 6.09 Å². The molecule has 1 atom stereocenters. The second-order valence-electron chi connectivity index (χ2n) is 9.44. The largest absolute Gasteiger partial charge is 0.444 e. The highest BCUT2D eigenvalue weighted by atomic mass is 16.6. The molecule has 2 heterocycles. The van der Waals surface area contributed by atoms with Crippen molar-refractivity contribution in [3.05, 3.63) is 23.8 Å². The monoisotopic (exact) mass is 431 g/mol. The van der Waals surface area contributed by atoms with Crippen molar-refractivity contribution in [1.29, 1.82) is 0 Å². The molecule has 0 aliphatic carbocycles. The number of hydrogen-bond acceptors (Lipinski definition) is 5. The Kier molecular flexibility index (Phi) is 6.59. The first-order valence-electron chi connectivity index (χ1n) is 10.7. The van der Waals surface area contributed by atoms with Gasteiger partial charge in [0, 0.05) is 45.0 Å². The van der Waals surface area contributed by atoms with Crippen molar-refractivity contribution in [2.24, 2.45) is 5.41 Å². The van der Waals surface area contributed by atoms with Crippen LogP contribution in [0.3, 0.4) is 0 Å². The Morgan fingerprint density at radius 3 is 2.58 bits per heavy atom. The number of rotatable bonds is 4. The Bertz CT molecular complexity index is 863. The number of likely N-dealkylation sites (tertiary alicyclic amines) is 1. The molecule has 0 spiro atoms. The van der Waals surface area contributed by atoms with E-state index in [1.807, 2.05) is 39.0 Å². The molecule has 8 heteroatoms. The number of amides is 3. The van der Waals surface area contributed by atoms with Crippen LogP contribution in [0.15, 0.2) is 18.2 Å². The number of fused-ring (bicyclic) bond motifs is 1. The maximum atomic E-state index is 13.3. The Morgan fingerprint density at radius 2 is 1.94 bits per heavy atom. The number of ether oxygens (including phenoxy) is 2. The molecular weight excluding hydrogens is 398 g/mol. The summed E-state index contributed by atoms with van der Waals surface area (Å²) in [7, 11) is 1.56. The van der Waals surface area contributed by atoms with Crippen LogP contribution in [0.4, 0.5) is 16.2 Å². The van der Waals surface area contributed by atoms with E-state index in [4.69, 9.17) is 9.47 Å². The molecule has 1 N–H and O–H groups in total. The van der Waals surface area contributed by atoms with Gasteiger partial charge in [-0.25, -0.2) is 4.79 Å². The lowest BCUT2D eigenvalue weighted by molar-refractivity contribution is -0.127. The van der Waals surface area contributed by atoms with Crippen molar-refractivity contribution in [2.75, 3.05) is 43.6 Å². The van der Waals surface area contributed by atoms with E-state index in [1.165, 1.54) is 0 Å². The predicted octanol–water partition coefficient (Wildman–Crippen LogP) is 3.20. The molecule has 1 fully saturated rings. The van der Waals surface area contributed by atoms with Gasteiger partial charge in [-0.05, 0) is 63.8 Å². The highest BCUT2D eigenvalue weighted by molar-refractivity contribution is 5.97. The average Bonchev–Trinajstić information content (AvgIpc) is 3.12. The molecule has 0 unspecified atom stereocenters. The molecule has 1 aromatic carbocycles. The average molecular weight is 432 g/mol. The molecule has 3 rings (SSSR count). The van der Waals surface area contributed by atoms with E-state index in [0.29, 0.717) is 25.2 Å². The lowest BCUT2D eigenvalue weighted by atomic mass is 9.86. The number of aryl methyl sites for hydroxylation is 1. The molecule has 0 radical (unpaired) electrons. The van der Waals surface area contributed by atoms with Crippen molar-refractivity contribution in [2.45, 2.75) is 52.6 Å². The molecule has 2 aliphatic rings. The minimum Gasteiger partial charge on any atom is -0.444 e. The zero-order chi connectivity index (χ0) is 22.8. The fourth-order valence-corrected chi connectivity index (χ4v) is 4.27. The van der Waals surface area contributed by atoms with Gasteiger partial charge in [0.25, 0.3) is 0 Å². The minimum absolute atomic E-state index is 0.0185. The molecule has 1 aromatic rings. The lowest BCUT2D eigenvalue weighted by Gasteiger charge is -2.30. The van der Waals surface area contributed by atoms with Gasteiger partial charge in [-0.2, -0.15) is 0 Å². The van der Waals surface area contributed by atoms with Crippen molar-refractivity contribution >= 4 is 29.3 Å². The third-order valence-electron chi connectivity index (χ3n) is 5.74. The fourth-order valence-electron chi connectivity index (χ4n) is 4.27. The molecule has 0 aromatic heterocycles. The van der Waals surface area contributed by atoms with Crippen LogP contribution in [0, 0.1) is 5.41 Å². The summed E-state index contributed by atoms with van der Waals surface area (Å²) in [5.41, 5.74) is 1.19. The normalized spacial score (nSPS) is 20.9. The van der Waals surface area contributed by atoms with Gasteiger partial charge < -0.3 is 24.6 Å². The topological polar surface area (TPSA) is 88.2 Å². The predicted molar refractivity (Wildman–Crippen MR) is 118 cm³/mol. The van der Waals surface area contributed by atoms with Gasteiger partial charge in [0.05, 0.1) is 12.0 Å². The van der Waals surface area contributed by atoms with Gasteiger partial charge in [-0.15, -0.1) is 0 Å². The second-order valence-corrected chi connectivity index (χ2v) is 9.44. The first-order chi connectivity index (χ1) is 14.5. The van der Waals surface area contributed by atoms with Crippen LogP contribution in [-0.2, 0) is 25.5 Å². The number of anilines is 2.